The minimum Gasteiger partial charge on any atom is -0.352 e. The number of benzene rings is 1. The van der Waals surface area contributed by atoms with Crippen molar-refractivity contribution in [2.75, 3.05) is 12.8 Å². The van der Waals surface area contributed by atoms with Crippen molar-refractivity contribution in [3.8, 4) is 0 Å². The summed E-state index contributed by atoms with van der Waals surface area (Å²) < 4.78 is 1.61. The number of hydrogen-bond donors (Lipinski definition) is 1. The minimum absolute atomic E-state index is 0.0761. The molecule has 0 atom stereocenters. The van der Waals surface area contributed by atoms with Gasteiger partial charge in [-0.3, -0.25) is 14.0 Å². The fraction of sp³-hybridized carbons (Fsp3) is 0.235. The van der Waals surface area contributed by atoms with E-state index in [9.17, 15) is 9.59 Å². The fourth-order valence-electron chi connectivity index (χ4n) is 2.49. The zero-order chi connectivity index (χ0) is 17.1. The van der Waals surface area contributed by atoms with Crippen LogP contribution in [0.25, 0.3) is 4.96 Å². The molecule has 2 heterocycles. The number of amides is 1. The summed E-state index contributed by atoms with van der Waals surface area (Å²) in [6.07, 6.45) is 2.53. The van der Waals surface area contributed by atoms with Crippen molar-refractivity contribution in [1.82, 2.24) is 14.7 Å². The Labute approximate surface area is 147 Å². The third kappa shape index (κ3) is 3.37. The van der Waals surface area contributed by atoms with E-state index in [1.54, 1.807) is 16.2 Å². The van der Waals surface area contributed by atoms with Gasteiger partial charge in [-0.2, -0.15) is 0 Å². The van der Waals surface area contributed by atoms with E-state index in [4.69, 9.17) is 0 Å². The van der Waals surface area contributed by atoms with E-state index >= 15 is 0 Å². The Morgan fingerprint density at radius 2 is 2.17 bits per heavy atom. The minimum atomic E-state index is -0.0965. The summed E-state index contributed by atoms with van der Waals surface area (Å²) >= 11 is 2.99. The van der Waals surface area contributed by atoms with Gasteiger partial charge in [0, 0.05) is 40.7 Å². The number of aryl methyl sites for hydroxylation is 1. The quantitative estimate of drug-likeness (QED) is 0.712. The highest BCUT2D eigenvalue weighted by Gasteiger charge is 2.11. The lowest BCUT2D eigenvalue weighted by Crippen LogP contribution is -2.27. The van der Waals surface area contributed by atoms with Crippen LogP contribution >= 0.6 is 23.1 Å². The predicted molar refractivity (Wildman–Crippen MR) is 98.3 cm³/mol. The van der Waals surface area contributed by atoms with E-state index < -0.39 is 0 Å². The van der Waals surface area contributed by atoms with Crippen LogP contribution in [-0.2, 0) is 6.42 Å². The summed E-state index contributed by atoms with van der Waals surface area (Å²) in [5.74, 6) is -0.0965. The van der Waals surface area contributed by atoms with Gasteiger partial charge in [-0.25, -0.2) is 4.98 Å². The molecular formula is C17H17N3O2S2. The van der Waals surface area contributed by atoms with E-state index in [1.807, 2.05) is 42.8 Å². The Morgan fingerprint density at radius 3 is 2.96 bits per heavy atom. The van der Waals surface area contributed by atoms with E-state index in [2.05, 4.69) is 10.3 Å². The van der Waals surface area contributed by atoms with E-state index in [0.29, 0.717) is 23.5 Å². The molecule has 124 valence electrons. The molecule has 0 bridgehead atoms. The second-order valence-electron chi connectivity index (χ2n) is 5.29. The standard InChI is InChI=1S/C17H17N3O2S2/c1-11-9-15(21)20-12(10-24-17(20)19-11)7-8-18-16(22)13-5-3-4-6-14(13)23-2/h3-6,9-10H,7-8H2,1-2H3,(H,18,22). The van der Waals surface area contributed by atoms with Gasteiger partial charge in [0.2, 0.25) is 0 Å². The fourth-order valence-corrected chi connectivity index (χ4v) is 4.06. The molecule has 1 N–H and O–H groups in total. The van der Waals surface area contributed by atoms with Crippen LogP contribution in [0.2, 0.25) is 0 Å². The van der Waals surface area contributed by atoms with Gasteiger partial charge in [-0.05, 0) is 25.3 Å². The Kier molecular flexibility index (Phi) is 5.01. The number of thioether (sulfide) groups is 1. The summed E-state index contributed by atoms with van der Waals surface area (Å²) in [7, 11) is 0. The molecule has 3 aromatic rings. The predicted octanol–water partition coefficient (Wildman–Crippen LogP) is 2.76. The van der Waals surface area contributed by atoms with Crippen molar-refractivity contribution in [3.05, 3.63) is 63.0 Å². The molecule has 7 heteroatoms. The molecule has 0 aliphatic carbocycles. The van der Waals surface area contributed by atoms with Crippen LogP contribution in [0.15, 0.2) is 45.4 Å². The first-order valence-electron chi connectivity index (χ1n) is 7.48. The van der Waals surface area contributed by atoms with Crippen molar-refractivity contribution in [3.63, 3.8) is 0 Å². The van der Waals surface area contributed by atoms with Crippen LogP contribution in [0.4, 0.5) is 0 Å². The highest BCUT2D eigenvalue weighted by atomic mass is 32.2. The summed E-state index contributed by atoms with van der Waals surface area (Å²) in [6.45, 7) is 2.28. The molecule has 0 fully saturated rings. The molecule has 5 nitrogen and oxygen atoms in total. The average Bonchev–Trinajstić information content (AvgIpc) is 2.97. The molecule has 0 saturated carbocycles. The molecule has 2 aromatic heterocycles. The number of fused-ring (bicyclic) bond motifs is 1. The zero-order valence-corrected chi connectivity index (χ0v) is 15.0. The lowest BCUT2D eigenvalue weighted by Gasteiger charge is -2.08. The molecule has 1 amide bonds. The number of carbonyl (C=O) groups is 1. The maximum Gasteiger partial charge on any atom is 0.258 e. The average molecular weight is 359 g/mol. The number of hydrogen-bond acceptors (Lipinski definition) is 5. The molecule has 0 unspecified atom stereocenters. The SMILES string of the molecule is CSc1ccccc1C(=O)NCCc1csc2nc(C)cc(=O)n12. The van der Waals surface area contributed by atoms with Crippen molar-refractivity contribution in [2.24, 2.45) is 0 Å². The van der Waals surface area contributed by atoms with E-state index in [1.165, 1.54) is 17.4 Å². The van der Waals surface area contributed by atoms with Crippen LogP contribution < -0.4 is 10.9 Å². The molecule has 0 saturated heterocycles. The summed E-state index contributed by atoms with van der Waals surface area (Å²) in [4.78, 5) is 30.5. The lowest BCUT2D eigenvalue weighted by atomic mass is 10.2. The van der Waals surface area contributed by atoms with Gasteiger partial charge in [0.15, 0.2) is 4.96 Å². The van der Waals surface area contributed by atoms with Gasteiger partial charge in [-0.15, -0.1) is 23.1 Å². The maximum absolute atomic E-state index is 12.3. The first-order chi connectivity index (χ1) is 11.6. The molecule has 0 aliphatic heterocycles. The topological polar surface area (TPSA) is 63.5 Å². The zero-order valence-electron chi connectivity index (χ0n) is 13.4. The normalized spacial score (nSPS) is 10.9. The Morgan fingerprint density at radius 1 is 1.38 bits per heavy atom. The number of nitrogens with zero attached hydrogens (tertiary/aromatic N) is 2. The van der Waals surface area contributed by atoms with Gasteiger partial charge in [0.25, 0.3) is 11.5 Å². The van der Waals surface area contributed by atoms with Crippen LogP contribution in [0.3, 0.4) is 0 Å². The monoisotopic (exact) mass is 359 g/mol. The number of carbonyl (C=O) groups excluding carboxylic acids is 1. The third-order valence-corrected chi connectivity index (χ3v) is 5.29. The van der Waals surface area contributed by atoms with Crippen molar-refractivity contribution < 1.29 is 4.79 Å². The largest absolute Gasteiger partial charge is 0.352 e. The van der Waals surface area contributed by atoms with Crippen LogP contribution in [0, 0.1) is 6.92 Å². The first kappa shape index (κ1) is 16.7. The van der Waals surface area contributed by atoms with Crippen LogP contribution in [0.1, 0.15) is 21.7 Å². The highest BCUT2D eigenvalue weighted by Crippen LogP contribution is 2.19. The Bertz CT molecular complexity index is 946. The van der Waals surface area contributed by atoms with Gasteiger partial charge in [0.1, 0.15) is 0 Å². The number of aromatic nitrogens is 2. The van der Waals surface area contributed by atoms with E-state index in [0.717, 1.165) is 16.3 Å². The molecule has 3 rings (SSSR count). The van der Waals surface area contributed by atoms with Crippen LogP contribution in [-0.4, -0.2) is 28.1 Å². The molecule has 0 aliphatic rings. The molecule has 24 heavy (non-hydrogen) atoms. The number of nitrogens with one attached hydrogen (secondary N) is 1. The summed E-state index contributed by atoms with van der Waals surface area (Å²) in [6, 6.07) is 9.05. The van der Waals surface area contributed by atoms with Gasteiger partial charge >= 0.3 is 0 Å². The van der Waals surface area contributed by atoms with Gasteiger partial charge < -0.3 is 5.32 Å². The van der Waals surface area contributed by atoms with E-state index in [-0.39, 0.29) is 11.5 Å². The molecular weight excluding hydrogens is 342 g/mol. The third-order valence-electron chi connectivity index (χ3n) is 3.62. The second kappa shape index (κ2) is 7.19. The first-order valence-corrected chi connectivity index (χ1v) is 9.58. The molecule has 1 aromatic carbocycles. The Hall–Kier alpha value is -2.12. The Balaban J connectivity index is 1.71. The summed E-state index contributed by atoms with van der Waals surface area (Å²) in [5.41, 5.74) is 2.18. The second-order valence-corrected chi connectivity index (χ2v) is 6.97. The lowest BCUT2D eigenvalue weighted by molar-refractivity contribution is 0.0951. The molecule has 0 radical (unpaired) electrons. The van der Waals surface area contributed by atoms with Crippen molar-refractivity contribution in [1.29, 1.82) is 0 Å². The summed E-state index contributed by atoms with van der Waals surface area (Å²) in [5, 5.41) is 4.85. The number of thiazole rings is 1. The van der Waals surface area contributed by atoms with Gasteiger partial charge in [-0.1, -0.05) is 12.1 Å². The molecule has 0 spiro atoms. The number of rotatable bonds is 5. The van der Waals surface area contributed by atoms with Crippen molar-refractivity contribution in [2.45, 2.75) is 18.2 Å². The highest BCUT2D eigenvalue weighted by molar-refractivity contribution is 7.98. The van der Waals surface area contributed by atoms with Gasteiger partial charge in [0.05, 0.1) is 5.56 Å². The maximum atomic E-state index is 12.3. The van der Waals surface area contributed by atoms with Crippen molar-refractivity contribution >= 4 is 34.0 Å². The smallest absolute Gasteiger partial charge is 0.258 e. The van der Waals surface area contributed by atoms with Crippen LogP contribution in [0.5, 0.6) is 0 Å².